The second kappa shape index (κ2) is 4.03. The largest absolute Gasteiger partial charge is 0.272 e. The van der Waals surface area contributed by atoms with E-state index in [-0.39, 0.29) is 5.91 Å². The summed E-state index contributed by atoms with van der Waals surface area (Å²) >= 11 is 0. The van der Waals surface area contributed by atoms with Crippen LogP contribution in [0.4, 0.5) is 5.69 Å². The Bertz CT molecular complexity index is 366. The van der Waals surface area contributed by atoms with Crippen molar-refractivity contribution in [3.63, 3.8) is 0 Å². The molecule has 0 unspecified atom stereocenters. The molecule has 0 aliphatic heterocycles. The van der Waals surface area contributed by atoms with Gasteiger partial charge in [-0.15, -0.1) is 0 Å². The number of carbonyl (C=O) groups excluding carboxylic acids is 1. The third-order valence-electron chi connectivity index (χ3n) is 2.14. The Morgan fingerprint density at radius 3 is 2.40 bits per heavy atom. The molecule has 1 rings (SSSR count). The summed E-state index contributed by atoms with van der Waals surface area (Å²) < 4.78 is 0. The van der Waals surface area contributed by atoms with Gasteiger partial charge in [0, 0.05) is 5.41 Å². The summed E-state index contributed by atoms with van der Waals surface area (Å²) in [5, 5.41) is 1.22. The lowest BCUT2D eigenvalue weighted by atomic mass is 9.95. The first-order valence-electron chi connectivity index (χ1n) is 4.98. The Morgan fingerprint density at radius 2 is 1.93 bits per heavy atom. The van der Waals surface area contributed by atoms with Gasteiger partial charge in [0.15, 0.2) is 0 Å². The summed E-state index contributed by atoms with van der Waals surface area (Å²) in [6, 6.07) is 7.58. The number of hydrogen-bond acceptors (Lipinski definition) is 2. The molecular weight excluding hydrogens is 188 g/mol. The molecule has 82 valence electrons. The molecule has 0 fully saturated rings. The summed E-state index contributed by atoms with van der Waals surface area (Å²) in [5.41, 5.74) is 1.36. The van der Waals surface area contributed by atoms with Gasteiger partial charge >= 0.3 is 0 Å². The van der Waals surface area contributed by atoms with Crippen LogP contribution in [0, 0.1) is 12.3 Å². The van der Waals surface area contributed by atoms with E-state index in [1.54, 1.807) is 0 Å². The zero-order valence-electron chi connectivity index (χ0n) is 9.74. The Hall–Kier alpha value is -1.35. The van der Waals surface area contributed by atoms with E-state index >= 15 is 0 Å². The van der Waals surface area contributed by atoms with Gasteiger partial charge in [-0.3, -0.25) is 4.79 Å². The van der Waals surface area contributed by atoms with Crippen LogP contribution in [-0.4, -0.2) is 5.91 Å². The van der Waals surface area contributed by atoms with Crippen LogP contribution < -0.4 is 10.9 Å². The van der Waals surface area contributed by atoms with Crippen molar-refractivity contribution in [3.8, 4) is 0 Å². The maximum Gasteiger partial charge on any atom is 0.246 e. The van der Waals surface area contributed by atoms with Crippen molar-refractivity contribution in [2.45, 2.75) is 27.7 Å². The number of nitrogens with two attached hydrogens (primary N) is 1. The minimum atomic E-state index is -0.460. The first-order valence-corrected chi connectivity index (χ1v) is 4.98. The third kappa shape index (κ3) is 2.80. The van der Waals surface area contributed by atoms with Gasteiger partial charge in [-0.05, 0) is 24.6 Å². The van der Waals surface area contributed by atoms with Crippen molar-refractivity contribution in [1.29, 1.82) is 0 Å². The van der Waals surface area contributed by atoms with Crippen molar-refractivity contribution < 1.29 is 4.79 Å². The van der Waals surface area contributed by atoms with Gasteiger partial charge in [0.1, 0.15) is 0 Å². The molecule has 0 aromatic heterocycles. The molecule has 0 spiro atoms. The van der Waals surface area contributed by atoms with E-state index in [1.807, 2.05) is 52.0 Å². The molecule has 15 heavy (non-hydrogen) atoms. The van der Waals surface area contributed by atoms with E-state index in [4.69, 9.17) is 5.84 Å². The molecule has 3 heteroatoms. The van der Waals surface area contributed by atoms with E-state index in [9.17, 15) is 4.79 Å². The molecule has 1 amide bonds. The zero-order chi connectivity index (χ0) is 11.6. The highest BCUT2D eigenvalue weighted by Gasteiger charge is 2.26. The molecule has 3 nitrogen and oxygen atoms in total. The predicted octanol–water partition coefficient (Wildman–Crippen LogP) is 2.25. The minimum absolute atomic E-state index is 0.0897. The number of amides is 1. The van der Waals surface area contributed by atoms with Gasteiger partial charge in [0.05, 0.1) is 5.69 Å². The highest BCUT2D eigenvalue weighted by molar-refractivity contribution is 5.95. The summed E-state index contributed by atoms with van der Waals surface area (Å²) in [4.78, 5) is 11.9. The summed E-state index contributed by atoms with van der Waals surface area (Å²) in [6.07, 6.45) is 0. The Labute approximate surface area is 90.9 Å². The van der Waals surface area contributed by atoms with E-state index in [2.05, 4.69) is 0 Å². The normalized spacial score (nSPS) is 11.3. The van der Waals surface area contributed by atoms with Crippen molar-refractivity contribution >= 4 is 11.6 Å². The van der Waals surface area contributed by atoms with Crippen LogP contribution in [0.3, 0.4) is 0 Å². The standard InChI is InChI=1S/C12H18N2O/c1-9-6-5-7-10(8-9)14(13)11(15)12(2,3)4/h5-8H,13H2,1-4H3. The van der Waals surface area contributed by atoms with Crippen LogP contribution >= 0.6 is 0 Å². The van der Waals surface area contributed by atoms with Gasteiger partial charge in [0.25, 0.3) is 0 Å². The second-order valence-electron chi connectivity index (χ2n) is 4.76. The van der Waals surface area contributed by atoms with Crippen LogP contribution in [-0.2, 0) is 4.79 Å². The van der Waals surface area contributed by atoms with Gasteiger partial charge in [-0.1, -0.05) is 32.9 Å². The van der Waals surface area contributed by atoms with Gasteiger partial charge in [0.2, 0.25) is 5.91 Å². The van der Waals surface area contributed by atoms with Crippen LogP contribution in [0.25, 0.3) is 0 Å². The lowest BCUT2D eigenvalue weighted by molar-refractivity contribution is -0.125. The molecule has 1 aromatic carbocycles. The molecule has 0 heterocycles. The molecule has 0 saturated heterocycles. The van der Waals surface area contributed by atoms with E-state index in [0.717, 1.165) is 11.3 Å². The van der Waals surface area contributed by atoms with Gasteiger partial charge in [-0.2, -0.15) is 0 Å². The molecule has 1 aromatic rings. The lowest BCUT2D eigenvalue weighted by Crippen LogP contribution is -2.44. The maximum atomic E-state index is 11.9. The zero-order valence-corrected chi connectivity index (χ0v) is 9.74. The van der Waals surface area contributed by atoms with Crippen molar-refractivity contribution in [2.75, 3.05) is 5.01 Å². The summed E-state index contributed by atoms with van der Waals surface area (Å²) in [5.74, 6) is 5.69. The molecule has 0 aliphatic carbocycles. The average Bonchev–Trinajstić information content (AvgIpc) is 2.14. The van der Waals surface area contributed by atoms with Crippen LogP contribution in [0.2, 0.25) is 0 Å². The topological polar surface area (TPSA) is 46.3 Å². The van der Waals surface area contributed by atoms with Gasteiger partial charge < -0.3 is 0 Å². The minimum Gasteiger partial charge on any atom is -0.272 e. The highest BCUT2D eigenvalue weighted by atomic mass is 16.2. The highest BCUT2D eigenvalue weighted by Crippen LogP contribution is 2.21. The Kier molecular flexibility index (Phi) is 3.15. The van der Waals surface area contributed by atoms with Gasteiger partial charge in [-0.25, -0.2) is 10.9 Å². The van der Waals surface area contributed by atoms with Crippen LogP contribution in [0.1, 0.15) is 26.3 Å². The molecular formula is C12H18N2O. The first-order chi connectivity index (χ1) is 6.82. The number of hydrogen-bond donors (Lipinski definition) is 1. The molecule has 0 atom stereocenters. The summed E-state index contributed by atoms with van der Waals surface area (Å²) in [7, 11) is 0. The van der Waals surface area contributed by atoms with Crippen molar-refractivity contribution in [1.82, 2.24) is 0 Å². The lowest BCUT2D eigenvalue weighted by Gasteiger charge is -2.25. The smallest absolute Gasteiger partial charge is 0.246 e. The van der Waals surface area contributed by atoms with E-state index < -0.39 is 5.41 Å². The number of hydrazine groups is 1. The molecule has 0 radical (unpaired) electrons. The maximum absolute atomic E-state index is 11.9. The number of rotatable bonds is 1. The first kappa shape index (κ1) is 11.7. The van der Waals surface area contributed by atoms with Crippen LogP contribution in [0.5, 0.6) is 0 Å². The average molecular weight is 206 g/mol. The Balaban J connectivity index is 2.95. The number of anilines is 1. The molecule has 0 saturated carbocycles. The number of nitrogens with zero attached hydrogens (tertiary/aromatic N) is 1. The Morgan fingerprint density at radius 1 is 1.33 bits per heavy atom. The number of aryl methyl sites for hydroxylation is 1. The molecule has 0 bridgehead atoms. The molecule has 0 aliphatic rings. The summed E-state index contributed by atoms with van der Waals surface area (Å²) in [6.45, 7) is 7.53. The predicted molar refractivity (Wildman–Crippen MR) is 62.3 cm³/mol. The fourth-order valence-electron chi connectivity index (χ4n) is 1.26. The van der Waals surface area contributed by atoms with E-state index in [0.29, 0.717) is 0 Å². The quantitative estimate of drug-likeness (QED) is 0.435. The third-order valence-corrected chi connectivity index (χ3v) is 2.14. The van der Waals surface area contributed by atoms with Crippen molar-refractivity contribution in [2.24, 2.45) is 11.3 Å². The fourth-order valence-corrected chi connectivity index (χ4v) is 1.26. The van der Waals surface area contributed by atoms with Crippen molar-refractivity contribution in [3.05, 3.63) is 29.8 Å². The van der Waals surface area contributed by atoms with E-state index in [1.165, 1.54) is 5.01 Å². The number of carbonyl (C=O) groups is 1. The monoisotopic (exact) mass is 206 g/mol. The second-order valence-corrected chi connectivity index (χ2v) is 4.76. The fraction of sp³-hybridized carbons (Fsp3) is 0.417. The molecule has 2 N–H and O–H groups in total. The SMILES string of the molecule is Cc1cccc(N(N)C(=O)C(C)(C)C)c1. The van der Waals surface area contributed by atoms with Crippen LogP contribution in [0.15, 0.2) is 24.3 Å². The number of benzene rings is 1.